The molecule has 152 valence electrons. The van der Waals surface area contributed by atoms with E-state index in [0.717, 1.165) is 11.3 Å². The molecule has 4 rings (SSSR count). The van der Waals surface area contributed by atoms with Gasteiger partial charge in [-0.2, -0.15) is 10.1 Å². The lowest BCUT2D eigenvalue weighted by molar-refractivity contribution is 0.102. The van der Waals surface area contributed by atoms with Gasteiger partial charge >= 0.3 is 0 Å². The third-order valence-corrected chi connectivity index (χ3v) is 4.71. The van der Waals surface area contributed by atoms with E-state index in [0.29, 0.717) is 39.4 Å². The fourth-order valence-electron chi connectivity index (χ4n) is 2.96. The standard InChI is InChI=1S/C21H18ClN5O3/c1-12-17(21(28)24-18-10-15(22)6-9-19(18)29-3)11-27(25-12)16-7-4-14(5-8-16)20-23-13(2)30-26-20/h4-11H,1-3H3,(H,24,28). The Balaban J connectivity index is 1.57. The van der Waals surface area contributed by atoms with Crippen LogP contribution in [0.5, 0.6) is 5.75 Å². The number of hydrogen-bond acceptors (Lipinski definition) is 6. The third-order valence-electron chi connectivity index (χ3n) is 4.47. The average Bonchev–Trinajstić information content (AvgIpc) is 3.34. The van der Waals surface area contributed by atoms with Gasteiger partial charge < -0.3 is 14.6 Å². The van der Waals surface area contributed by atoms with Gasteiger partial charge in [-0.15, -0.1) is 0 Å². The Morgan fingerprint density at radius 2 is 1.93 bits per heavy atom. The first kappa shape index (κ1) is 19.7. The maximum Gasteiger partial charge on any atom is 0.259 e. The van der Waals surface area contributed by atoms with Gasteiger partial charge in [-0.25, -0.2) is 4.68 Å². The zero-order valence-electron chi connectivity index (χ0n) is 16.5. The van der Waals surface area contributed by atoms with Gasteiger partial charge in [-0.1, -0.05) is 16.8 Å². The number of methoxy groups -OCH3 is 1. The maximum atomic E-state index is 12.8. The van der Waals surface area contributed by atoms with Crippen molar-refractivity contribution < 1.29 is 14.1 Å². The van der Waals surface area contributed by atoms with Crippen LogP contribution >= 0.6 is 11.6 Å². The topological polar surface area (TPSA) is 95.1 Å². The summed E-state index contributed by atoms with van der Waals surface area (Å²) in [7, 11) is 1.53. The van der Waals surface area contributed by atoms with Gasteiger partial charge in [0.1, 0.15) is 5.75 Å². The lowest BCUT2D eigenvalue weighted by Gasteiger charge is -2.10. The molecular formula is C21H18ClN5O3. The first-order valence-electron chi connectivity index (χ1n) is 9.07. The summed E-state index contributed by atoms with van der Waals surface area (Å²) in [5.41, 5.74) is 3.13. The number of halogens is 1. The molecule has 0 saturated carbocycles. The predicted octanol–water partition coefficient (Wildman–Crippen LogP) is 4.45. The fourth-order valence-corrected chi connectivity index (χ4v) is 3.13. The van der Waals surface area contributed by atoms with Gasteiger partial charge in [0, 0.05) is 23.7 Å². The Kier molecular flexibility index (Phi) is 5.24. The summed E-state index contributed by atoms with van der Waals surface area (Å²) < 4.78 is 11.9. The van der Waals surface area contributed by atoms with E-state index in [1.807, 2.05) is 24.3 Å². The number of aryl methyl sites for hydroxylation is 2. The summed E-state index contributed by atoms with van der Waals surface area (Å²) in [6, 6.07) is 12.5. The van der Waals surface area contributed by atoms with Crippen molar-refractivity contribution in [3.05, 3.63) is 70.8 Å². The van der Waals surface area contributed by atoms with Crippen molar-refractivity contribution >= 4 is 23.2 Å². The van der Waals surface area contributed by atoms with Crippen LogP contribution in [0.1, 0.15) is 21.9 Å². The summed E-state index contributed by atoms with van der Waals surface area (Å²) in [4.78, 5) is 17.0. The van der Waals surface area contributed by atoms with E-state index in [4.69, 9.17) is 20.9 Å². The highest BCUT2D eigenvalue weighted by Crippen LogP contribution is 2.28. The molecule has 0 atom stereocenters. The van der Waals surface area contributed by atoms with Crippen LogP contribution in [0.4, 0.5) is 5.69 Å². The van der Waals surface area contributed by atoms with Gasteiger partial charge in [-0.05, 0) is 49.4 Å². The minimum Gasteiger partial charge on any atom is -0.495 e. The number of rotatable bonds is 5. The zero-order valence-corrected chi connectivity index (χ0v) is 17.3. The molecule has 1 N–H and O–H groups in total. The summed E-state index contributed by atoms with van der Waals surface area (Å²) in [6.07, 6.45) is 1.68. The zero-order chi connectivity index (χ0) is 21.3. The molecule has 0 saturated heterocycles. The molecule has 4 aromatic rings. The number of nitrogens with one attached hydrogen (secondary N) is 1. The molecule has 0 aliphatic carbocycles. The number of nitrogens with zero attached hydrogens (tertiary/aromatic N) is 4. The number of carbonyl (C=O) groups excluding carboxylic acids is 1. The smallest absolute Gasteiger partial charge is 0.259 e. The lowest BCUT2D eigenvalue weighted by Crippen LogP contribution is -2.13. The van der Waals surface area contributed by atoms with E-state index < -0.39 is 0 Å². The van der Waals surface area contributed by atoms with E-state index in [9.17, 15) is 4.79 Å². The number of amides is 1. The van der Waals surface area contributed by atoms with Gasteiger partial charge in [0.05, 0.1) is 29.7 Å². The van der Waals surface area contributed by atoms with Crippen molar-refractivity contribution in [2.75, 3.05) is 12.4 Å². The van der Waals surface area contributed by atoms with Crippen molar-refractivity contribution in [2.24, 2.45) is 0 Å². The highest BCUT2D eigenvalue weighted by molar-refractivity contribution is 6.31. The second-order valence-corrected chi connectivity index (χ2v) is 6.99. The van der Waals surface area contributed by atoms with E-state index in [2.05, 4.69) is 20.6 Å². The summed E-state index contributed by atoms with van der Waals surface area (Å²) >= 11 is 6.04. The molecule has 0 unspecified atom stereocenters. The average molecular weight is 424 g/mol. The molecule has 0 spiro atoms. The number of benzene rings is 2. The van der Waals surface area contributed by atoms with Crippen LogP contribution in [-0.4, -0.2) is 32.9 Å². The Morgan fingerprint density at radius 3 is 2.60 bits per heavy atom. The van der Waals surface area contributed by atoms with Crippen LogP contribution in [0.25, 0.3) is 17.1 Å². The molecule has 1 amide bonds. The SMILES string of the molecule is COc1ccc(Cl)cc1NC(=O)c1cn(-c2ccc(-c3noc(C)n3)cc2)nc1C. The highest BCUT2D eigenvalue weighted by Gasteiger charge is 2.17. The second kappa shape index (κ2) is 8.00. The molecule has 0 fully saturated rings. The monoisotopic (exact) mass is 423 g/mol. The molecule has 30 heavy (non-hydrogen) atoms. The largest absolute Gasteiger partial charge is 0.495 e. The quantitative estimate of drug-likeness (QED) is 0.509. The summed E-state index contributed by atoms with van der Waals surface area (Å²) in [5.74, 6) is 1.23. The van der Waals surface area contributed by atoms with Crippen molar-refractivity contribution in [1.29, 1.82) is 0 Å². The molecule has 2 aromatic carbocycles. The number of hydrogen-bond donors (Lipinski definition) is 1. The first-order chi connectivity index (χ1) is 14.4. The Labute approximate surface area is 177 Å². The van der Waals surface area contributed by atoms with Crippen LogP contribution in [0, 0.1) is 13.8 Å². The molecule has 0 bridgehead atoms. The van der Waals surface area contributed by atoms with E-state index in [1.165, 1.54) is 7.11 Å². The van der Waals surface area contributed by atoms with Crippen LogP contribution in [0.3, 0.4) is 0 Å². The number of ether oxygens (including phenoxy) is 1. The molecule has 2 aromatic heterocycles. The van der Waals surface area contributed by atoms with Gasteiger partial charge in [0.15, 0.2) is 0 Å². The molecule has 0 aliphatic heterocycles. The molecule has 2 heterocycles. The van der Waals surface area contributed by atoms with Gasteiger partial charge in [0.2, 0.25) is 11.7 Å². The van der Waals surface area contributed by atoms with Crippen LogP contribution < -0.4 is 10.1 Å². The minimum atomic E-state index is -0.307. The third kappa shape index (κ3) is 3.90. The van der Waals surface area contributed by atoms with E-state index >= 15 is 0 Å². The second-order valence-electron chi connectivity index (χ2n) is 6.56. The van der Waals surface area contributed by atoms with Crippen molar-refractivity contribution in [3.8, 4) is 22.8 Å². The lowest BCUT2D eigenvalue weighted by atomic mass is 10.2. The van der Waals surface area contributed by atoms with E-state index in [-0.39, 0.29) is 5.91 Å². The Bertz CT molecular complexity index is 1210. The van der Waals surface area contributed by atoms with Crippen LogP contribution in [-0.2, 0) is 0 Å². The first-order valence-corrected chi connectivity index (χ1v) is 9.44. The number of aromatic nitrogens is 4. The Morgan fingerprint density at radius 1 is 1.17 bits per heavy atom. The van der Waals surface area contributed by atoms with E-state index in [1.54, 1.807) is 42.9 Å². The van der Waals surface area contributed by atoms with Gasteiger partial charge in [0.25, 0.3) is 5.91 Å². The van der Waals surface area contributed by atoms with Crippen molar-refractivity contribution in [1.82, 2.24) is 19.9 Å². The number of carbonyl (C=O) groups is 1. The van der Waals surface area contributed by atoms with Crippen molar-refractivity contribution in [3.63, 3.8) is 0 Å². The van der Waals surface area contributed by atoms with Gasteiger partial charge in [-0.3, -0.25) is 4.79 Å². The normalized spacial score (nSPS) is 10.8. The molecular weight excluding hydrogens is 406 g/mol. The summed E-state index contributed by atoms with van der Waals surface area (Å²) in [6.45, 7) is 3.51. The summed E-state index contributed by atoms with van der Waals surface area (Å²) in [5, 5.41) is 11.7. The maximum absolute atomic E-state index is 12.8. The molecule has 9 heteroatoms. The highest BCUT2D eigenvalue weighted by atomic mass is 35.5. The van der Waals surface area contributed by atoms with Crippen LogP contribution in [0.15, 0.2) is 53.2 Å². The number of anilines is 1. The van der Waals surface area contributed by atoms with Crippen molar-refractivity contribution in [2.45, 2.75) is 13.8 Å². The molecule has 0 radical (unpaired) electrons. The predicted molar refractivity (Wildman–Crippen MR) is 112 cm³/mol. The minimum absolute atomic E-state index is 0.307. The fraction of sp³-hybridized carbons (Fsp3) is 0.143. The van der Waals surface area contributed by atoms with Crippen LogP contribution in [0.2, 0.25) is 5.02 Å². The molecule has 0 aliphatic rings. The molecule has 8 nitrogen and oxygen atoms in total. The Hall–Kier alpha value is -3.65.